The number of rotatable bonds is 7. The molecule has 0 aliphatic heterocycles. The van der Waals surface area contributed by atoms with Crippen molar-refractivity contribution < 1.29 is 19.8 Å². The number of carbonyl (C=O) groups excluding carboxylic acids is 2. The molecule has 1 unspecified atom stereocenters. The van der Waals surface area contributed by atoms with Crippen molar-refractivity contribution in [2.45, 2.75) is 31.8 Å². The fraction of sp³-hybridized carbons (Fsp3) is 0.800. The zero-order valence-corrected chi connectivity index (χ0v) is 11.0. The molecule has 0 fully saturated rings. The maximum absolute atomic E-state index is 11.8. The predicted octanol–water partition coefficient (Wildman–Crippen LogP) is -1.33. The molecular formula is C10H20N2O4S. The van der Waals surface area contributed by atoms with Gasteiger partial charge in [0.15, 0.2) is 0 Å². The van der Waals surface area contributed by atoms with Crippen LogP contribution in [0.1, 0.15) is 20.3 Å². The van der Waals surface area contributed by atoms with E-state index in [-0.39, 0.29) is 24.9 Å². The van der Waals surface area contributed by atoms with E-state index in [1.807, 2.05) is 0 Å². The molecule has 1 atom stereocenters. The number of hydrogen-bond acceptors (Lipinski definition) is 5. The summed E-state index contributed by atoms with van der Waals surface area (Å²) in [6.45, 7) is 2.30. The molecule has 0 aliphatic rings. The van der Waals surface area contributed by atoms with Crippen molar-refractivity contribution >= 4 is 24.4 Å². The Kier molecular flexibility index (Phi) is 7.17. The van der Waals surface area contributed by atoms with E-state index in [0.717, 1.165) is 0 Å². The van der Waals surface area contributed by atoms with Gasteiger partial charge in [0.25, 0.3) is 0 Å². The lowest BCUT2D eigenvalue weighted by Crippen LogP contribution is -2.59. The van der Waals surface area contributed by atoms with E-state index in [1.165, 1.54) is 6.92 Å². The third-order valence-corrected chi connectivity index (χ3v) is 2.91. The monoisotopic (exact) mass is 264 g/mol. The molecule has 0 heterocycles. The molecule has 0 aromatic carbocycles. The van der Waals surface area contributed by atoms with Gasteiger partial charge < -0.3 is 20.8 Å². The topological polar surface area (TPSA) is 98.7 Å². The van der Waals surface area contributed by atoms with Crippen molar-refractivity contribution in [3.8, 4) is 0 Å². The van der Waals surface area contributed by atoms with E-state index in [1.54, 1.807) is 6.92 Å². The van der Waals surface area contributed by atoms with Gasteiger partial charge in [-0.1, -0.05) is 6.92 Å². The molecule has 0 aromatic heterocycles. The summed E-state index contributed by atoms with van der Waals surface area (Å²) in [6, 6.07) is -0.778. The summed E-state index contributed by atoms with van der Waals surface area (Å²) in [6.07, 6.45) is 0.380. The van der Waals surface area contributed by atoms with Crippen LogP contribution in [0.2, 0.25) is 0 Å². The molecular weight excluding hydrogens is 244 g/mol. The van der Waals surface area contributed by atoms with Crippen LogP contribution in [-0.4, -0.2) is 52.6 Å². The van der Waals surface area contributed by atoms with Gasteiger partial charge in [0.1, 0.15) is 6.04 Å². The number of amides is 2. The summed E-state index contributed by atoms with van der Waals surface area (Å²) in [5.74, 6) is -0.670. The number of aliphatic hydroxyl groups is 2. The lowest BCUT2D eigenvalue weighted by Gasteiger charge is -2.31. The van der Waals surface area contributed by atoms with E-state index in [2.05, 4.69) is 23.3 Å². The van der Waals surface area contributed by atoms with Crippen molar-refractivity contribution in [2.24, 2.45) is 0 Å². The minimum Gasteiger partial charge on any atom is -0.394 e. The number of hydrogen-bond donors (Lipinski definition) is 5. The Bertz CT molecular complexity index is 261. The Balaban J connectivity index is 4.62. The number of thiol groups is 1. The van der Waals surface area contributed by atoms with Gasteiger partial charge in [-0.2, -0.15) is 12.6 Å². The summed E-state index contributed by atoms with van der Waals surface area (Å²) < 4.78 is 0. The lowest BCUT2D eigenvalue weighted by atomic mass is 9.98. The van der Waals surface area contributed by atoms with Gasteiger partial charge in [0.05, 0.1) is 18.8 Å². The van der Waals surface area contributed by atoms with Gasteiger partial charge >= 0.3 is 0 Å². The molecule has 0 spiro atoms. The van der Waals surface area contributed by atoms with Crippen LogP contribution in [0.3, 0.4) is 0 Å². The minimum absolute atomic E-state index is 0.141. The van der Waals surface area contributed by atoms with Crippen LogP contribution in [0, 0.1) is 0 Å². The van der Waals surface area contributed by atoms with Gasteiger partial charge in [-0.25, -0.2) is 0 Å². The molecule has 0 aliphatic carbocycles. The Morgan fingerprint density at radius 2 is 1.88 bits per heavy atom. The quantitative estimate of drug-likeness (QED) is 0.368. The van der Waals surface area contributed by atoms with E-state index >= 15 is 0 Å². The summed E-state index contributed by atoms with van der Waals surface area (Å²) in [5.41, 5.74) is -1.06. The average Bonchev–Trinajstić information content (AvgIpc) is 2.32. The second-order valence-electron chi connectivity index (χ2n) is 3.88. The highest BCUT2D eigenvalue weighted by atomic mass is 32.1. The predicted molar refractivity (Wildman–Crippen MR) is 66.8 cm³/mol. The molecule has 2 amide bonds. The van der Waals surface area contributed by atoms with Gasteiger partial charge in [-0.3, -0.25) is 9.59 Å². The van der Waals surface area contributed by atoms with Gasteiger partial charge in [0, 0.05) is 12.7 Å². The first-order chi connectivity index (χ1) is 7.94. The van der Waals surface area contributed by atoms with Crippen molar-refractivity contribution in [1.82, 2.24) is 10.6 Å². The first-order valence-electron chi connectivity index (χ1n) is 5.36. The van der Waals surface area contributed by atoms with Crippen molar-refractivity contribution in [3.63, 3.8) is 0 Å². The molecule has 4 N–H and O–H groups in total. The molecule has 100 valence electrons. The van der Waals surface area contributed by atoms with Gasteiger partial charge in [-0.15, -0.1) is 0 Å². The molecule has 0 bridgehead atoms. The summed E-state index contributed by atoms with van der Waals surface area (Å²) in [5, 5.41) is 23.3. The van der Waals surface area contributed by atoms with Crippen molar-refractivity contribution in [3.05, 3.63) is 0 Å². The Labute approximate surface area is 106 Å². The maximum atomic E-state index is 11.8. The first kappa shape index (κ1) is 16.2. The average molecular weight is 264 g/mol. The molecule has 0 saturated heterocycles. The van der Waals surface area contributed by atoms with Crippen LogP contribution >= 0.6 is 12.6 Å². The summed E-state index contributed by atoms with van der Waals surface area (Å²) >= 11 is 3.97. The lowest BCUT2D eigenvalue weighted by molar-refractivity contribution is -0.129. The van der Waals surface area contributed by atoms with Crippen LogP contribution in [-0.2, 0) is 9.59 Å². The highest BCUT2D eigenvalue weighted by Crippen LogP contribution is 2.08. The molecule has 17 heavy (non-hydrogen) atoms. The minimum atomic E-state index is -1.06. The van der Waals surface area contributed by atoms with Crippen LogP contribution in [0.4, 0.5) is 0 Å². The second kappa shape index (κ2) is 7.52. The third kappa shape index (κ3) is 4.93. The number of carbonyl (C=O) groups is 2. The SMILES string of the molecule is CCC(CO)(CO)NC(=O)C(CS)NC(C)=O. The normalized spacial score (nSPS) is 13.0. The number of aliphatic hydroxyl groups excluding tert-OH is 2. The first-order valence-corrected chi connectivity index (χ1v) is 5.99. The zero-order chi connectivity index (χ0) is 13.5. The van der Waals surface area contributed by atoms with Crippen molar-refractivity contribution in [2.75, 3.05) is 19.0 Å². The third-order valence-electron chi connectivity index (χ3n) is 2.55. The Morgan fingerprint density at radius 1 is 1.35 bits per heavy atom. The van der Waals surface area contributed by atoms with Crippen LogP contribution in [0.15, 0.2) is 0 Å². The molecule has 0 saturated carbocycles. The van der Waals surface area contributed by atoms with E-state index < -0.39 is 17.5 Å². The second-order valence-corrected chi connectivity index (χ2v) is 4.24. The highest BCUT2D eigenvalue weighted by molar-refractivity contribution is 7.80. The van der Waals surface area contributed by atoms with E-state index in [9.17, 15) is 19.8 Å². The van der Waals surface area contributed by atoms with Gasteiger partial charge in [-0.05, 0) is 6.42 Å². The summed E-state index contributed by atoms with van der Waals surface area (Å²) in [4.78, 5) is 22.7. The molecule has 0 radical (unpaired) electrons. The van der Waals surface area contributed by atoms with E-state index in [0.29, 0.717) is 6.42 Å². The Hall–Kier alpha value is -0.790. The molecule has 7 heteroatoms. The largest absolute Gasteiger partial charge is 0.394 e. The van der Waals surface area contributed by atoms with Crippen LogP contribution < -0.4 is 10.6 Å². The molecule has 0 rings (SSSR count). The fourth-order valence-electron chi connectivity index (χ4n) is 1.23. The van der Waals surface area contributed by atoms with E-state index in [4.69, 9.17) is 0 Å². The highest BCUT2D eigenvalue weighted by Gasteiger charge is 2.31. The maximum Gasteiger partial charge on any atom is 0.244 e. The standard InChI is InChI=1S/C10H20N2O4S/c1-3-10(5-13,6-14)12-9(16)8(4-17)11-7(2)15/h8,13-14,17H,3-6H2,1-2H3,(H,11,15)(H,12,16). The van der Waals surface area contributed by atoms with Gasteiger partial charge in [0.2, 0.25) is 11.8 Å². The zero-order valence-electron chi connectivity index (χ0n) is 10.1. The fourth-order valence-corrected chi connectivity index (χ4v) is 1.49. The van der Waals surface area contributed by atoms with Crippen LogP contribution in [0.5, 0.6) is 0 Å². The summed E-state index contributed by atoms with van der Waals surface area (Å²) in [7, 11) is 0. The molecule has 0 aromatic rings. The number of nitrogens with one attached hydrogen (secondary N) is 2. The Morgan fingerprint density at radius 3 is 2.18 bits per heavy atom. The van der Waals surface area contributed by atoms with Crippen molar-refractivity contribution in [1.29, 1.82) is 0 Å². The smallest absolute Gasteiger partial charge is 0.244 e. The van der Waals surface area contributed by atoms with Crippen LogP contribution in [0.25, 0.3) is 0 Å². The molecule has 6 nitrogen and oxygen atoms in total.